The average molecular weight is 370 g/mol. The molecule has 3 N–H and O–H groups in total. The van der Waals surface area contributed by atoms with Crippen LogP contribution in [-0.4, -0.2) is 12.2 Å². The third kappa shape index (κ3) is 4.10. The van der Waals surface area contributed by atoms with E-state index >= 15 is 0 Å². The molecule has 3 aromatic carbocycles. The van der Waals surface area contributed by atoms with E-state index in [4.69, 9.17) is 26.8 Å². The van der Waals surface area contributed by atoms with E-state index in [1.54, 1.807) is 43.5 Å². The fourth-order valence-corrected chi connectivity index (χ4v) is 2.88. The van der Waals surface area contributed by atoms with Gasteiger partial charge in [0.25, 0.3) is 0 Å². The second kappa shape index (κ2) is 8.13. The normalized spacial score (nSPS) is 11.8. The summed E-state index contributed by atoms with van der Waals surface area (Å²) >= 11 is 6.03. The van der Waals surface area contributed by atoms with Crippen molar-refractivity contribution in [3.63, 3.8) is 0 Å². The third-order valence-electron chi connectivity index (χ3n) is 4.09. The van der Waals surface area contributed by atoms with Crippen LogP contribution in [0, 0.1) is 0 Å². The summed E-state index contributed by atoms with van der Waals surface area (Å²) in [5, 5.41) is 11.3. The molecule has 1 unspecified atom stereocenters. The molecule has 4 nitrogen and oxygen atoms in total. The molecule has 3 rings (SSSR count). The standard InChI is InChI=1S/C21H20ClNO3/c1-25-20-12-16(26-13-14-5-3-2-4-6-14)8-9-17(20)21(24)18-11-15(22)7-10-19(18)23/h2-12,21,24H,13,23H2,1H3. The topological polar surface area (TPSA) is 64.7 Å². The van der Waals surface area contributed by atoms with Gasteiger partial charge in [0.2, 0.25) is 0 Å². The number of benzene rings is 3. The molecule has 3 aromatic rings. The number of halogens is 1. The van der Waals surface area contributed by atoms with Crippen LogP contribution in [0.15, 0.2) is 66.7 Å². The predicted molar refractivity (Wildman–Crippen MR) is 104 cm³/mol. The van der Waals surface area contributed by atoms with Crippen LogP contribution in [0.5, 0.6) is 11.5 Å². The molecule has 1 atom stereocenters. The quantitative estimate of drug-likeness (QED) is 0.623. The Labute approximate surface area is 157 Å². The van der Waals surface area contributed by atoms with Gasteiger partial charge in [0.1, 0.15) is 24.2 Å². The van der Waals surface area contributed by atoms with Crippen LogP contribution in [0.25, 0.3) is 0 Å². The smallest absolute Gasteiger partial charge is 0.128 e. The summed E-state index contributed by atoms with van der Waals surface area (Å²) in [6.07, 6.45) is -0.952. The number of ether oxygens (including phenoxy) is 2. The molecule has 0 bridgehead atoms. The molecule has 5 heteroatoms. The Morgan fingerprint density at radius 2 is 1.77 bits per heavy atom. The van der Waals surface area contributed by atoms with E-state index in [2.05, 4.69) is 0 Å². The maximum absolute atomic E-state index is 10.7. The van der Waals surface area contributed by atoms with Gasteiger partial charge in [0.15, 0.2) is 0 Å². The number of aliphatic hydroxyl groups is 1. The molecule has 134 valence electrons. The number of aliphatic hydroxyl groups excluding tert-OH is 1. The molecule has 0 aromatic heterocycles. The van der Waals surface area contributed by atoms with Crippen LogP contribution in [0.1, 0.15) is 22.8 Å². The summed E-state index contributed by atoms with van der Waals surface area (Å²) in [5.74, 6) is 1.17. The molecule has 0 aliphatic rings. The van der Waals surface area contributed by atoms with E-state index in [1.165, 1.54) is 0 Å². The van der Waals surface area contributed by atoms with Gasteiger partial charge in [0, 0.05) is 27.9 Å². The van der Waals surface area contributed by atoms with E-state index < -0.39 is 6.10 Å². The molecule has 0 heterocycles. The van der Waals surface area contributed by atoms with Gasteiger partial charge in [-0.05, 0) is 35.9 Å². The molecule has 0 amide bonds. The van der Waals surface area contributed by atoms with Crippen molar-refractivity contribution in [1.82, 2.24) is 0 Å². The highest BCUT2D eigenvalue weighted by molar-refractivity contribution is 6.30. The molecular weight excluding hydrogens is 350 g/mol. The van der Waals surface area contributed by atoms with E-state index in [0.29, 0.717) is 39.9 Å². The first-order valence-electron chi connectivity index (χ1n) is 8.16. The van der Waals surface area contributed by atoms with E-state index in [9.17, 15) is 5.11 Å². The number of nitrogen functional groups attached to an aromatic ring is 1. The Kier molecular flexibility index (Phi) is 5.66. The average Bonchev–Trinajstić information content (AvgIpc) is 2.68. The van der Waals surface area contributed by atoms with Crippen molar-refractivity contribution in [2.45, 2.75) is 12.7 Å². The monoisotopic (exact) mass is 369 g/mol. The molecule has 0 saturated carbocycles. The van der Waals surface area contributed by atoms with Crippen molar-refractivity contribution in [1.29, 1.82) is 0 Å². The molecule has 0 radical (unpaired) electrons. The molecule has 0 spiro atoms. The largest absolute Gasteiger partial charge is 0.496 e. The van der Waals surface area contributed by atoms with Crippen LogP contribution in [0.3, 0.4) is 0 Å². The van der Waals surface area contributed by atoms with Gasteiger partial charge in [0.05, 0.1) is 7.11 Å². The van der Waals surface area contributed by atoms with Crippen molar-refractivity contribution >= 4 is 17.3 Å². The maximum Gasteiger partial charge on any atom is 0.128 e. The number of hydrogen-bond acceptors (Lipinski definition) is 4. The van der Waals surface area contributed by atoms with Gasteiger partial charge in [-0.25, -0.2) is 0 Å². The Morgan fingerprint density at radius 3 is 2.50 bits per heavy atom. The van der Waals surface area contributed by atoms with Crippen molar-refractivity contribution in [3.8, 4) is 11.5 Å². The number of methoxy groups -OCH3 is 1. The van der Waals surface area contributed by atoms with Crippen LogP contribution in [0.2, 0.25) is 5.02 Å². The lowest BCUT2D eigenvalue weighted by Gasteiger charge is -2.18. The Morgan fingerprint density at radius 1 is 1.00 bits per heavy atom. The third-order valence-corrected chi connectivity index (χ3v) is 4.33. The first kappa shape index (κ1) is 18.1. The zero-order valence-electron chi connectivity index (χ0n) is 14.4. The Bertz CT molecular complexity index is 884. The lowest BCUT2D eigenvalue weighted by atomic mass is 9.99. The summed E-state index contributed by atoms with van der Waals surface area (Å²) in [7, 11) is 1.55. The van der Waals surface area contributed by atoms with Gasteiger partial charge in [-0.3, -0.25) is 0 Å². The Balaban J connectivity index is 1.83. The van der Waals surface area contributed by atoms with Gasteiger partial charge in [-0.2, -0.15) is 0 Å². The number of anilines is 1. The van der Waals surface area contributed by atoms with Crippen LogP contribution in [-0.2, 0) is 6.61 Å². The fraction of sp³-hybridized carbons (Fsp3) is 0.143. The summed E-state index contributed by atoms with van der Waals surface area (Å²) in [6.45, 7) is 0.452. The van der Waals surface area contributed by atoms with Gasteiger partial charge in [-0.15, -0.1) is 0 Å². The SMILES string of the molecule is COc1cc(OCc2ccccc2)ccc1C(O)c1cc(Cl)ccc1N. The highest BCUT2D eigenvalue weighted by Gasteiger charge is 2.19. The van der Waals surface area contributed by atoms with Crippen molar-refractivity contribution < 1.29 is 14.6 Å². The highest BCUT2D eigenvalue weighted by atomic mass is 35.5. The summed E-state index contributed by atoms with van der Waals surface area (Å²) in [4.78, 5) is 0. The van der Waals surface area contributed by atoms with Crippen LogP contribution in [0.4, 0.5) is 5.69 Å². The van der Waals surface area contributed by atoms with E-state index in [-0.39, 0.29) is 0 Å². The number of nitrogens with two attached hydrogens (primary N) is 1. The van der Waals surface area contributed by atoms with Gasteiger partial charge < -0.3 is 20.3 Å². The zero-order valence-corrected chi connectivity index (χ0v) is 15.1. The van der Waals surface area contributed by atoms with E-state index in [1.807, 2.05) is 30.3 Å². The highest BCUT2D eigenvalue weighted by Crippen LogP contribution is 2.36. The predicted octanol–water partition coefficient (Wildman–Crippen LogP) is 4.59. The molecule has 0 fully saturated rings. The second-order valence-electron chi connectivity index (χ2n) is 5.85. The first-order chi connectivity index (χ1) is 12.6. The molecule has 0 aliphatic carbocycles. The van der Waals surface area contributed by atoms with Gasteiger partial charge >= 0.3 is 0 Å². The van der Waals surface area contributed by atoms with Gasteiger partial charge in [-0.1, -0.05) is 41.9 Å². The second-order valence-corrected chi connectivity index (χ2v) is 6.29. The summed E-state index contributed by atoms with van der Waals surface area (Å²) in [6, 6.07) is 20.2. The van der Waals surface area contributed by atoms with Crippen LogP contribution >= 0.6 is 11.6 Å². The van der Waals surface area contributed by atoms with E-state index in [0.717, 1.165) is 5.56 Å². The minimum atomic E-state index is -0.952. The molecule has 0 aliphatic heterocycles. The van der Waals surface area contributed by atoms with Crippen LogP contribution < -0.4 is 15.2 Å². The fourth-order valence-electron chi connectivity index (χ4n) is 2.70. The Hall–Kier alpha value is -2.69. The molecule has 26 heavy (non-hydrogen) atoms. The summed E-state index contributed by atoms with van der Waals surface area (Å²) in [5.41, 5.74) is 8.64. The minimum absolute atomic E-state index is 0.452. The van der Waals surface area contributed by atoms with Crippen molar-refractivity contribution in [2.75, 3.05) is 12.8 Å². The molecular formula is C21H20ClNO3. The lowest BCUT2D eigenvalue weighted by molar-refractivity contribution is 0.215. The molecule has 0 saturated heterocycles. The maximum atomic E-state index is 10.7. The zero-order chi connectivity index (χ0) is 18.5. The minimum Gasteiger partial charge on any atom is -0.496 e. The van der Waals surface area contributed by atoms with Crippen molar-refractivity contribution in [2.24, 2.45) is 0 Å². The summed E-state index contributed by atoms with van der Waals surface area (Å²) < 4.78 is 11.2. The van der Waals surface area contributed by atoms with Crippen molar-refractivity contribution in [3.05, 3.63) is 88.4 Å². The number of hydrogen-bond donors (Lipinski definition) is 2. The lowest BCUT2D eigenvalue weighted by Crippen LogP contribution is -2.06. The first-order valence-corrected chi connectivity index (χ1v) is 8.54. The number of rotatable bonds is 6.